The maximum Gasteiger partial charge on any atom is 0.191 e. The van der Waals surface area contributed by atoms with Crippen LogP contribution < -0.4 is 10.6 Å². The van der Waals surface area contributed by atoms with Gasteiger partial charge in [0.2, 0.25) is 0 Å². The summed E-state index contributed by atoms with van der Waals surface area (Å²) >= 11 is 0. The average Bonchev–Trinajstić information content (AvgIpc) is 3.11. The summed E-state index contributed by atoms with van der Waals surface area (Å²) in [6, 6.07) is 0.932. The molecule has 2 rings (SSSR count). The van der Waals surface area contributed by atoms with Crippen molar-refractivity contribution >= 4 is 29.9 Å². The number of halogens is 1. The van der Waals surface area contributed by atoms with Crippen LogP contribution in [0.1, 0.15) is 59.2 Å². The van der Waals surface area contributed by atoms with Crippen LogP contribution in [0, 0.1) is 0 Å². The molecule has 2 heterocycles. The number of aryl methyl sites for hydroxylation is 1. The zero-order chi connectivity index (χ0) is 18.8. The molecule has 2 N–H and O–H groups in total. The highest BCUT2D eigenvalue weighted by Gasteiger charge is 2.19. The summed E-state index contributed by atoms with van der Waals surface area (Å²) < 4.78 is 2.09. The molecule has 1 aliphatic rings. The number of guanidine groups is 1. The lowest BCUT2D eigenvalue weighted by Crippen LogP contribution is -2.50. The monoisotopic (exact) mass is 491 g/mol. The lowest BCUT2D eigenvalue weighted by atomic mass is 10.1. The molecule has 0 radical (unpaired) electrons. The number of likely N-dealkylation sites (tertiary alicyclic amines) is 1. The Morgan fingerprint density at radius 1 is 1.26 bits per heavy atom. The van der Waals surface area contributed by atoms with Gasteiger partial charge in [-0.25, -0.2) is 0 Å². The number of hydrogen-bond acceptors (Lipinski definition) is 4. The second-order valence-corrected chi connectivity index (χ2v) is 7.24. The molecule has 0 saturated carbocycles. The zero-order valence-corrected chi connectivity index (χ0v) is 19.8. The zero-order valence-electron chi connectivity index (χ0n) is 17.4. The first-order valence-electron chi connectivity index (χ1n) is 10.3. The van der Waals surface area contributed by atoms with Crippen molar-refractivity contribution in [1.82, 2.24) is 30.3 Å². The Morgan fingerprint density at radius 2 is 2.00 bits per heavy atom. The third kappa shape index (κ3) is 8.33. The fraction of sp³-hybridized carbons (Fsp3) is 0.842. The van der Waals surface area contributed by atoms with Crippen molar-refractivity contribution in [3.8, 4) is 0 Å². The standard InChI is InChI=1S/C19H37N7.HI/c1-5-11-25-12-8-17(9-13-25)23-19(22-16(4)6-2)20-10-14-26-15-21-24-18(26)7-3;/h15-17H,5-14H2,1-4H3,(H2,20,22,23);1H. The Hall–Kier alpha value is -0.900. The normalized spacial score (nSPS) is 17.4. The first-order chi connectivity index (χ1) is 12.7. The van der Waals surface area contributed by atoms with Crippen LogP contribution in [0.4, 0.5) is 0 Å². The second kappa shape index (κ2) is 13.3. The Balaban J connectivity index is 0.00000364. The largest absolute Gasteiger partial charge is 0.354 e. The van der Waals surface area contributed by atoms with E-state index in [0.29, 0.717) is 12.1 Å². The molecule has 0 aromatic carbocycles. The van der Waals surface area contributed by atoms with Crippen LogP contribution in [0.5, 0.6) is 0 Å². The van der Waals surface area contributed by atoms with Crippen molar-refractivity contribution in [3.05, 3.63) is 12.2 Å². The molecule has 7 nitrogen and oxygen atoms in total. The van der Waals surface area contributed by atoms with E-state index >= 15 is 0 Å². The molecule has 1 unspecified atom stereocenters. The van der Waals surface area contributed by atoms with E-state index in [-0.39, 0.29) is 24.0 Å². The molecule has 27 heavy (non-hydrogen) atoms. The van der Waals surface area contributed by atoms with E-state index in [1.807, 2.05) is 0 Å². The molecule has 1 fully saturated rings. The molecule has 1 aliphatic heterocycles. The van der Waals surface area contributed by atoms with E-state index < -0.39 is 0 Å². The molecule has 0 spiro atoms. The fourth-order valence-corrected chi connectivity index (χ4v) is 3.29. The molecule has 0 aliphatic carbocycles. The van der Waals surface area contributed by atoms with Crippen LogP contribution in [-0.4, -0.2) is 63.9 Å². The van der Waals surface area contributed by atoms with E-state index in [1.165, 1.54) is 38.9 Å². The van der Waals surface area contributed by atoms with Gasteiger partial charge in [-0.05, 0) is 39.2 Å². The van der Waals surface area contributed by atoms with Gasteiger partial charge in [0.05, 0.1) is 6.54 Å². The lowest BCUT2D eigenvalue weighted by Gasteiger charge is -2.33. The summed E-state index contributed by atoms with van der Waals surface area (Å²) in [6.07, 6.45) is 7.40. The van der Waals surface area contributed by atoms with Gasteiger partial charge >= 0.3 is 0 Å². The van der Waals surface area contributed by atoms with Gasteiger partial charge in [-0.3, -0.25) is 4.99 Å². The Labute approximate surface area is 181 Å². The Bertz CT molecular complexity index is 538. The molecule has 1 aromatic heterocycles. The van der Waals surface area contributed by atoms with E-state index in [1.54, 1.807) is 6.33 Å². The molecule has 1 aromatic rings. The van der Waals surface area contributed by atoms with Crippen LogP contribution >= 0.6 is 24.0 Å². The van der Waals surface area contributed by atoms with Crippen molar-refractivity contribution in [2.45, 2.75) is 78.4 Å². The van der Waals surface area contributed by atoms with E-state index in [0.717, 1.165) is 37.7 Å². The smallest absolute Gasteiger partial charge is 0.191 e. The van der Waals surface area contributed by atoms with E-state index in [2.05, 4.69) is 58.0 Å². The van der Waals surface area contributed by atoms with E-state index in [9.17, 15) is 0 Å². The van der Waals surface area contributed by atoms with Gasteiger partial charge in [0, 0.05) is 38.1 Å². The average molecular weight is 491 g/mol. The number of nitrogens with one attached hydrogen (secondary N) is 2. The van der Waals surface area contributed by atoms with Crippen LogP contribution in [0.25, 0.3) is 0 Å². The molecular weight excluding hydrogens is 453 g/mol. The van der Waals surface area contributed by atoms with Gasteiger partial charge < -0.3 is 20.1 Å². The molecule has 1 saturated heterocycles. The van der Waals surface area contributed by atoms with Crippen molar-refractivity contribution < 1.29 is 0 Å². The van der Waals surface area contributed by atoms with Crippen molar-refractivity contribution in [1.29, 1.82) is 0 Å². The highest BCUT2D eigenvalue weighted by Crippen LogP contribution is 2.10. The molecule has 156 valence electrons. The quantitative estimate of drug-likeness (QED) is 0.316. The molecular formula is C19H38IN7. The minimum atomic E-state index is 0. The number of aliphatic imine (C=N–C) groups is 1. The van der Waals surface area contributed by atoms with Crippen molar-refractivity contribution in [2.24, 2.45) is 4.99 Å². The summed E-state index contributed by atoms with van der Waals surface area (Å²) in [5, 5.41) is 15.3. The first-order valence-corrected chi connectivity index (χ1v) is 10.3. The highest BCUT2D eigenvalue weighted by molar-refractivity contribution is 14.0. The Kier molecular flexibility index (Phi) is 11.9. The fourth-order valence-electron chi connectivity index (χ4n) is 3.29. The van der Waals surface area contributed by atoms with Crippen LogP contribution in [0.2, 0.25) is 0 Å². The number of rotatable bonds is 9. The maximum absolute atomic E-state index is 4.82. The topological polar surface area (TPSA) is 70.4 Å². The predicted octanol–water partition coefficient (Wildman–Crippen LogP) is 2.67. The van der Waals surface area contributed by atoms with Crippen LogP contribution in [0.3, 0.4) is 0 Å². The third-order valence-corrected chi connectivity index (χ3v) is 5.09. The maximum atomic E-state index is 4.82. The van der Waals surface area contributed by atoms with Gasteiger partial charge in [-0.2, -0.15) is 0 Å². The van der Waals surface area contributed by atoms with Gasteiger partial charge in [0.1, 0.15) is 12.2 Å². The summed E-state index contributed by atoms with van der Waals surface area (Å²) in [6.45, 7) is 13.9. The minimum Gasteiger partial charge on any atom is -0.354 e. The van der Waals surface area contributed by atoms with Gasteiger partial charge in [-0.1, -0.05) is 20.8 Å². The van der Waals surface area contributed by atoms with Crippen LogP contribution in [-0.2, 0) is 13.0 Å². The number of hydrogen-bond donors (Lipinski definition) is 2. The molecule has 1 atom stereocenters. The van der Waals surface area contributed by atoms with Crippen molar-refractivity contribution in [2.75, 3.05) is 26.2 Å². The summed E-state index contributed by atoms with van der Waals surface area (Å²) in [4.78, 5) is 7.38. The summed E-state index contributed by atoms with van der Waals surface area (Å²) in [5.41, 5.74) is 0. The Morgan fingerprint density at radius 3 is 2.63 bits per heavy atom. The minimum absolute atomic E-state index is 0. The highest BCUT2D eigenvalue weighted by atomic mass is 127. The molecule has 8 heteroatoms. The number of nitrogens with zero attached hydrogens (tertiary/aromatic N) is 5. The third-order valence-electron chi connectivity index (χ3n) is 5.09. The predicted molar refractivity (Wildman–Crippen MR) is 123 cm³/mol. The number of aromatic nitrogens is 3. The molecule has 0 bridgehead atoms. The van der Waals surface area contributed by atoms with E-state index in [4.69, 9.17) is 4.99 Å². The van der Waals surface area contributed by atoms with Crippen molar-refractivity contribution in [3.63, 3.8) is 0 Å². The second-order valence-electron chi connectivity index (χ2n) is 7.24. The SMILES string of the molecule is CCCN1CCC(NC(=NCCn2cnnc2CC)NC(C)CC)CC1.I. The lowest BCUT2D eigenvalue weighted by molar-refractivity contribution is 0.206. The molecule has 0 amide bonds. The van der Waals surface area contributed by atoms with Gasteiger partial charge in [-0.15, -0.1) is 34.2 Å². The van der Waals surface area contributed by atoms with Gasteiger partial charge in [0.15, 0.2) is 5.96 Å². The van der Waals surface area contributed by atoms with Gasteiger partial charge in [0.25, 0.3) is 0 Å². The first kappa shape index (κ1) is 24.1. The van der Waals surface area contributed by atoms with Crippen LogP contribution in [0.15, 0.2) is 11.3 Å². The number of piperidine rings is 1. The summed E-state index contributed by atoms with van der Waals surface area (Å²) in [5.74, 6) is 1.97. The summed E-state index contributed by atoms with van der Waals surface area (Å²) in [7, 11) is 0.